The third-order valence-electron chi connectivity index (χ3n) is 4.37. The van der Waals surface area contributed by atoms with Gasteiger partial charge in [-0.1, -0.05) is 48.0 Å². The summed E-state index contributed by atoms with van der Waals surface area (Å²) in [5.74, 6) is 0. The number of fused-ring (bicyclic) bond motifs is 1. The molecule has 0 saturated heterocycles. The normalized spacial score (nSPS) is 11.0. The second-order valence-corrected chi connectivity index (χ2v) is 6.20. The molecule has 0 aliphatic carbocycles. The summed E-state index contributed by atoms with van der Waals surface area (Å²) in [6.07, 6.45) is 1.59. The Morgan fingerprint density at radius 3 is 2.35 bits per heavy atom. The van der Waals surface area contributed by atoms with Crippen LogP contribution in [0.5, 0.6) is 0 Å². The van der Waals surface area contributed by atoms with Gasteiger partial charge in [0, 0.05) is 6.20 Å². The number of para-hydroxylation sites is 1. The first-order valence-corrected chi connectivity index (χ1v) is 8.37. The molecule has 4 rings (SSSR count). The maximum absolute atomic E-state index is 13.2. The molecule has 0 atom stereocenters. The van der Waals surface area contributed by atoms with Crippen molar-refractivity contribution in [1.29, 1.82) is 0 Å². The van der Waals surface area contributed by atoms with Gasteiger partial charge in [-0.25, -0.2) is 14.3 Å². The lowest BCUT2D eigenvalue weighted by molar-refractivity contribution is 0.682. The van der Waals surface area contributed by atoms with E-state index in [0.29, 0.717) is 16.7 Å². The number of aromatic nitrogens is 3. The fourth-order valence-corrected chi connectivity index (χ4v) is 3.01. The van der Waals surface area contributed by atoms with Gasteiger partial charge in [0.1, 0.15) is 0 Å². The van der Waals surface area contributed by atoms with Gasteiger partial charge in [0.15, 0.2) is 5.65 Å². The van der Waals surface area contributed by atoms with Crippen LogP contribution >= 0.6 is 0 Å². The lowest BCUT2D eigenvalue weighted by atomic mass is 10.1. The summed E-state index contributed by atoms with van der Waals surface area (Å²) >= 11 is 0. The van der Waals surface area contributed by atoms with Crippen molar-refractivity contribution in [2.45, 2.75) is 13.5 Å². The Bertz CT molecular complexity index is 1190. The zero-order valence-electron chi connectivity index (χ0n) is 14.3. The van der Waals surface area contributed by atoms with E-state index in [-0.39, 0.29) is 12.1 Å². The van der Waals surface area contributed by atoms with Crippen LogP contribution in [-0.4, -0.2) is 14.1 Å². The molecule has 0 fully saturated rings. The second kappa shape index (κ2) is 6.44. The largest absolute Gasteiger partial charge is 0.337 e. The quantitative estimate of drug-likeness (QED) is 0.575. The van der Waals surface area contributed by atoms with Crippen molar-refractivity contribution in [1.82, 2.24) is 14.1 Å². The summed E-state index contributed by atoms with van der Waals surface area (Å²) < 4.78 is 2.76. The molecule has 0 aliphatic heterocycles. The monoisotopic (exact) mass is 343 g/mol. The van der Waals surface area contributed by atoms with E-state index in [2.05, 4.69) is 4.98 Å². The maximum Gasteiger partial charge on any atom is 0.337 e. The molecule has 0 radical (unpaired) electrons. The fourth-order valence-electron chi connectivity index (χ4n) is 3.01. The zero-order chi connectivity index (χ0) is 18.1. The first-order chi connectivity index (χ1) is 12.6. The first kappa shape index (κ1) is 16.0. The minimum absolute atomic E-state index is 0.218. The van der Waals surface area contributed by atoms with Crippen LogP contribution in [0.4, 0.5) is 0 Å². The van der Waals surface area contributed by atoms with Crippen molar-refractivity contribution in [3.8, 4) is 5.69 Å². The van der Waals surface area contributed by atoms with E-state index in [1.165, 1.54) is 9.13 Å². The van der Waals surface area contributed by atoms with Gasteiger partial charge >= 0.3 is 5.69 Å². The molecule has 26 heavy (non-hydrogen) atoms. The van der Waals surface area contributed by atoms with Gasteiger partial charge in [0.05, 0.1) is 17.6 Å². The zero-order valence-corrected chi connectivity index (χ0v) is 14.3. The summed E-state index contributed by atoms with van der Waals surface area (Å²) in [4.78, 5) is 30.4. The van der Waals surface area contributed by atoms with E-state index in [1.54, 1.807) is 18.3 Å². The molecule has 0 spiro atoms. The highest BCUT2D eigenvalue weighted by Crippen LogP contribution is 2.12. The smallest absolute Gasteiger partial charge is 0.268 e. The third kappa shape index (κ3) is 2.73. The molecule has 0 N–H and O–H groups in total. The Morgan fingerprint density at radius 1 is 0.885 bits per heavy atom. The van der Waals surface area contributed by atoms with Crippen molar-refractivity contribution < 1.29 is 0 Å². The summed E-state index contributed by atoms with van der Waals surface area (Å²) in [5.41, 5.74) is 2.36. The highest BCUT2D eigenvalue weighted by Gasteiger charge is 2.15. The van der Waals surface area contributed by atoms with Crippen LogP contribution in [0.3, 0.4) is 0 Å². The number of nitrogens with zero attached hydrogens (tertiary/aromatic N) is 3. The lowest BCUT2D eigenvalue weighted by Crippen LogP contribution is -2.40. The van der Waals surface area contributed by atoms with Gasteiger partial charge in [0.25, 0.3) is 5.56 Å². The lowest BCUT2D eigenvalue weighted by Gasteiger charge is -2.13. The van der Waals surface area contributed by atoms with Gasteiger partial charge in [-0.3, -0.25) is 9.36 Å². The Morgan fingerprint density at radius 2 is 1.62 bits per heavy atom. The number of benzene rings is 2. The predicted molar refractivity (Wildman–Crippen MR) is 102 cm³/mol. The highest BCUT2D eigenvalue weighted by molar-refractivity contribution is 5.75. The first-order valence-electron chi connectivity index (χ1n) is 8.37. The molecular weight excluding hydrogens is 326 g/mol. The van der Waals surface area contributed by atoms with Crippen molar-refractivity contribution in [3.05, 3.63) is 105 Å². The fraction of sp³-hybridized carbons (Fsp3) is 0.0952. The van der Waals surface area contributed by atoms with Gasteiger partial charge in [-0.2, -0.15) is 0 Å². The van der Waals surface area contributed by atoms with Crippen LogP contribution in [0.1, 0.15) is 11.1 Å². The average molecular weight is 343 g/mol. The van der Waals surface area contributed by atoms with Crippen molar-refractivity contribution in [2.75, 3.05) is 0 Å². The van der Waals surface area contributed by atoms with Gasteiger partial charge < -0.3 is 0 Å². The molecule has 0 amide bonds. The third-order valence-corrected chi connectivity index (χ3v) is 4.37. The minimum atomic E-state index is -0.395. The van der Waals surface area contributed by atoms with E-state index < -0.39 is 5.69 Å². The van der Waals surface area contributed by atoms with Crippen molar-refractivity contribution >= 4 is 11.0 Å². The summed E-state index contributed by atoms with van der Waals surface area (Å²) in [6.45, 7) is 2.22. The number of hydrogen-bond donors (Lipinski definition) is 0. The molecule has 128 valence electrons. The van der Waals surface area contributed by atoms with E-state index >= 15 is 0 Å². The molecule has 5 nitrogen and oxygen atoms in total. The molecule has 4 aromatic rings. The van der Waals surface area contributed by atoms with Crippen LogP contribution in [-0.2, 0) is 6.54 Å². The standard InChI is InChI=1S/C21H17N3O2/c1-15-9-11-16(12-10-15)14-23-20(25)18-8-5-13-22-19(18)24(21(23)26)17-6-3-2-4-7-17/h2-13H,14H2,1H3. The number of rotatable bonds is 3. The SMILES string of the molecule is Cc1ccc(Cn2c(=O)c3cccnc3n(-c3ccccc3)c2=O)cc1. The Labute approximate surface area is 149 Å². The topological polar surface area (TPSA) is 56.9 Å². The van der Waals surface area contributed by atoms with Crippen molar-refractivity contribution in [2.24, 2.45) is 0 Å². The molecule has 0 aliphatic rings. The molecule has 0 bridgehead atoms. The molecule has 2 aromatic heterocycles. The number of hydrogen-bond acceptors (Lipinski definition) is 3. The van der Waals surface area contributed by atoms with E-state index in [1.807, 2.05) is 61.5 Å². The summed E-state index contributed by atoms with van der Waals surface area (Å²) in [5, 5.41) is 0.420. The molecule has 2 heterocycles. The van der Waals surface area contributed by atoms with Crippen molar-refractivity contribution in [3.63, 3.8) is 0 Å². The maximum atomic E-state index is 13.2. The highest BCUT2D eigenvalue weighted by atomic mass is 16.2. The molecule has 0 saturated carbocycles. The number of pyridine rings is 1. The van der Waals surface area contributed by atoms with E-state index in [0.717, 1.165) is 11.1 Å². The van der Waals surface area contributed by atoms with Crippen LogP contribution < -0.4 is 11.2 Å². The Kier molecular flexibility index (Phi) is 3.97. The van der Waals surface area contributed by atoms with Crippen LogP contribution in [0.15, 0.2) is 82.5 Å². The van der Waals surface area contributed by atoms with Gasteiger partial charge in [-0.05, 0) is 36.8 Å². The average Bonchev–Trinajstić information content (AvgIpc) is 2.68. The van der Waals surface area contributed by atoms with Gasteiger partial charge in [-0.15, -0.1) is 0 Å². The molecule has 0 unspecified atom stereocenters. The van der Waals surface area contributed by atoms with E-state index in [4.69, 9.17) is 0 Å². The van der Waals surface area contributed by atoms with Crippen LogP contribution in [0, 0.1) is 6.92 Å². The molecular formula is C21H17N3O2. The Hall–Kier alpha value is -3.47. The minimum Gasteiger partial charge on any atom is -0.268 e. The van der Waals surface area contributed by atoms with Gasteiger partial charge in [0.2, 0.25) is 0 Å². The molecule has 5 heteroatoms. The summed E-state index contributed by atoms with van der Waals surface area (Å²) in [7, 11) is 0. The number of aryl methyl sites for hydroxylation is 1. The van der Waals surface area contributed by atoms with Crippen LogP contribution in [0.2, 0.25) is 0 Å². The summed E-state index contributed by atoms with van der Waals surface area (Å²) in [6, 6.07) is 20.5. The van der Waals surface area contributed by atoms with Crippen LogP contribution in [0.25, 0.3) is 16.7 Å². The van der Waals surface area contributed by atoms with E-state index in [9.17, 15) is 9.59 Å². The second-order valence-electron chi connectivity index (χ2n) is 6.20. The molecule has 2 aromatic carbocycles. The Balaban J connectivity index is 2.01. The predicted octanol–water partition coefficient (Wildman–Crippen LogP) is 2.90.